The van der Waals surface area contributed by atoms with Crippen molar-refractivity contribution in [2.24, 2.45) is 0 Å². The van der Waals surface area contributed by atoms with E-state index in [2.05, 4.69) is 14.7 Å². The van der Waals surface area contributed by atoms with Crippen molar-refractivity contribution in [1.29, 1.82) is 0 Å². The lowest BCUT2D eigenvalue weighted by Gasteiger charge is -2.22. The molecule has 0 saturated carbocycles. The molecule has 0 spiro atoms. The van der Waals surface area contributed by atoms with E-state index in [1.807, 2.05) is 6.92 Å². The predicted molar refractivity (Wildman–Crippen MR) is 72.5 cm³/mol. The van der Waals surface area contributed by atoms with E-state index in [-0.39, 0.29) is 11.5 Å². The molecular weight excluding hydrogens is 261 g/mol. The lowest BCUT2D eigenvalue weighted by molar-refractivity contribution is 0.0593. The summed E-state index contributed by atoms with van der Waals surface area (Å²) in [6.45, 7) is 2.40. The summed E-state index contributed by atoms with van der Waals surface area (Å²) in [7, 11) is 1.27. The fourth-order valence-corrected chi connectivity index (χ4v) is 1.80. The fraction of sp³-hybridized carbons (Fsp3) is 0.214. The number of methoxy groups -OCH3 is 1. The zero-order valence-electron chi connectivity index (χ0n) is 11.2. The molecule has 0 amide bonds. The van der Waals surface area contributed by atoms with Crippen LogP contribution in [-0.4, -0.2) is 29.6 Å². The number of hydrogen-bond acceptors (Lipinski definition) is 5. The Balaban J connectivity index is 2.33. The van der Waals surface area contributed by atoms with Gasteiger partial charge in [0.1, 0.15) is 5.82 Å². The highest BCUT2D eigenvalue weighted by Gasteiger charge is 2.14. The van der Waals surface area contributed by atoms with E-state index in [9.17, 15) is 9.18 Å². The van der Waals surface area contributed by atoms with E-state index in [4.69, 9.17) is 0 Å². The summed E-state index contributed by atoms with van der Waals surface area (Å²) in [5.41, 5.74) is 0.524. The van der Waals surface area contributed by atoms with Gasteiger partial charge >= 0.3 is 5.97 Å². The van der Waals surface area contributed by atoms with E-state index in [0.29, 0.717) is 18.1 Å². The van der Waals surface area contributed by atoms with Crippen LogP contribution < -0.4 is 4.90 Å². The maximum Gasteiger partial charge on any atom is 0.358 e. The fourth-order valence-electron chi connectivity index (χ4n) is 1.80. The number of aromatic nitrogens is 2. The first-order valence-electron chi connectivity index (χ1n) is 6.09. The Bertz CT molecular complexity index is 602. The molecule has 0 saturated heterocycles. The third-order valence-electron chi connectivity index (χ3n) is 2.77. The molecule has 1 aromatic carbocycles. The van der Waals surface area contributed by atoms with Crippen LogP contribution in [0.3, 0.4) is 0 Å². The minimum absolute atomic E-state index is 0.112. The van der Waals surface area contributed by atoms with Crippen LogP contribution in [0.4, 0.5) is 15.9 Å². The SMILES string of the molecule is CCN(c1cnc(C(=O)OC)cn1)c1ccccc1F. The van der Waals surface area contributed by atoms with Crippen LogP contribution >= 0.6 is 0 Å². The molecule has 0 aliphatic carbocycles. The monoisotopic (exact) mass is 275 g/mol. The summed E-state index contributed by atoms with van der Waals surface area (Å²) in [6, 6.07) is 6.42. The normalized spacial score (nSPS) is 10.2. The van der Waals surface area contributed by atoms with Gasteiger partial charge in [-0.25, -0.2) is 19.2 Å². The molecule has 104 valence electrons. The number of carbonyl (C=O) groups excluding carboxylic acids is 1. The van der Waals surface area contributed by atoms with Gasteiger partial charge in [0.25, 0.3) is 0 Å². The summed E-state index contributed by atoms with van der Waals surface area (Å²) < 4.78 is 18.4. The van der Waals surface area contributed by atoms with Crippen molar-refractivity contribution in [2.75, 3.05) is 18.6 Å². The highest BCUT2D eigenvalue weighted by molar-refractivity contribution is 5.86. The third kappa shape index (κ3) is 2.74. The second-order valence-electron chi connectivity index (χ2n) is 3.95. The van der Waals surface area contributed by atoms with Crippen molar-refractivity contribution in [3.63, 3.8) is 0 Å². The Labute approximate surface area is 116 Å². The second kappa shape index (κ2) is 6.10. The number of halogens is 1. The molecule has 0 unspecified atom stereocenters. The molecule has 0 N–H and O–H groups in total. The Kier molecular flexibility index (Phi) is 4.24. The Morgan fingerprint density at radius 1 is 1.30 bits per heavy atom. The first-order valence-corrected chi connectivity index (χ1v) is 6.09. The van der Waals surface area contributed by atoms with Gasteiger partial charge in [-0.2, -0.15) is 0 Å². The van der Waals surface area contributed by atoms with Gasteiger partial charge in [-0.05, 0) is 19.1 Å². The molecule has 1 aromatic heterocycles. The standard InChI is InChI=1S/C14H14FN3O2/c1-3-18(12-7-5-4-6-10(12)15)13-9-16-11(8-17-13)14(19)20-2/h4-9H,3H2,1-2H3. The molecule has 0 bridgehead atoms. The lowest BCUT2D eigenvalue weighted by Crippen LogP contribution is -2.19. The number of anilines is 2. The Morgan fingerprint density at radius 2 is 2.05 bits per heavy atom. The average molecular weight is 275 g/mol. The van der Waals surface area contributed by atoms with Crippen LogP contribution in [0.25, 0.3) is 0 Å². The number of rotatable bonds is 4. The van der Waals surface area contributed by atoms with Crippen LogP contribution in [-0.2, 0) is 4.74 Å². The molecule has 0 atom stereocenters. The van der Waals surface area contributed by atoms with Crippen molar-refractivity contribution >= 4 is 17.5 Å². The van der Waals surface area contributed by atoms with Crippen LogP contribution in [0.1, 0.15) is 17.4 Å². The van der Waals surface area contributed by atoms with Gasteiger partial charge in [-0.15, -0.1) is 0 Å². The maximum atomic E-state index is 13.8. The number of esters is 1. The zero-order valence-corrected chi connectivity index (χ0v) is 11.2. The number of ether oxygens (including phenoxy) is 1. The van der Waals surface area contributed by atoms with E-state index in [1.54, 1.807) is 23.1 Å². The van der Waals surface area contributed by atoms with Gasteiger partial charge in [0.15, 0.2) is 11.5 Å². The number of benzene rings is 1. The predicted octanol–water partition coefficient (Wildman–Crippen LogP) is 2.56. The van der Waals surface area contributed by atoms with Gasteiger partial charge in [-0.1, -0.05) is 12.1 Å². The molecule has 1 heterocycles. The molecule has 20 heavy (non-hydrogen) atoms. The van der Waals surface area contributed by atoms with Crippen LogP contribution in [0.2, 0.25) is 0 Å². The van der Waals surface area contributed by atoms with E-state index in [0.717, 1.165) is 0 Å². The van der Waals surface area contributed by atoms with Gasteiger partial charge in [0, 0.05) is 6.54 Å². The number of nitrogens with zero attached hydrogens (tertiary/aromatic N) is 3. The van der Waals surface area contributed by atoms with Gasteiger partial charge in [-0.3, -0.25) is 0 Å². The maximum absolute atomic E-state index is 13.8. The van der Waals surface area contributed by atoms with Gasteiger partial charge in [0.2, 0.25) is 0 Å². The number of hydrogen-bond donors (Lipinski definition) is 0. The number of para-hydroxylation sites is 1. The second-order valence-corrected chi connectivity index (χ2v) is 3.95. The summed E-state index contributed by atoms with van der Waals surface area (Å²) in [5.74, 6) is -0.434. The largest absolute Gasteiger partial charge is 0.464 e. The molecular formula is C14H14FN3O2. The van der Waals surface area contributed by atoms with E-state index in [1.165, 1.54) is 25.6 Å². The summed E-state index contributed by atoms with van der Waals surface area (Å²) in [5, 5.41) is 0. The van der Waals surface area contributed by atoms with Crippen LogP contribution in [0.5, 0.6) is 0 Å². The quantitative estimate of drug-likeness (QED) is 0.803. The minimum Gasteiger partial charge on any atom is -0.464 e. The first kappa shape index (κ1) is 13.9. The molecule has 0 aliphatic rings. The van der Waals surface area contributed by atoms with E-state index >= 15 is 0 Å². The van der Waals surface area contributed by atoms with Crippen molar-refractivity contribution < 1.29 is 13.9 Å². The Hall–Kier alpha value is -2.50. The van der Waals surface area contributed by atoms with E-state index < -0.39 is 5.97 Å². The van der Waals surface area contributed by atoms with Crippen molar-refractivity contribution in [3.8, 4) is 0 Å². The van der Waals surface area contributed by atoms with Crippen LogP contribution in [0.15, 0.2) is 36.7 Å². The zero-order chi connectivity index (χ0) is 14.5. The van der Waals surface area contributed by atoms with Crippen LogP contribution in [0, 0.1) is 5.82 Å². The highest BCUT2D eigenvalue weighted by atomic mass is 19.1. The van der Waals surface area contributed by atoms with Gasteiger partial charge in [0.05, 0.1) is 25.2 Å². The van der Waals surface area contributed by atoms with Gasteiger partial charge < -0.3 is 9.64 Å². The number of carbonyl (C=O) groups is 1. The summed E-state index contributed by atoms with van der Waals surface area (Å²) in [6.07, 6.45) is 2.73. The van der Waals surface area contributed by atoms with Crippen molar-refractivity contribution in [2.45, 2.75) is 6.92 Å². The Morgan fingerprint density at radius 3 is 2.60 bits per heavy atom. The lowest BCUT2D eigenvalue weighted by atomic mass is 10.2. The van der Waals surface area contributed by atoms with Crippen molar-refractivity contribution in [3.05, 3.63) is 48.2 Å². The molecule has 0 radical (unpaired) electrons. The highest BCUT2D eigenvalue weighted by Crippen LogP contribution is 2.25. The summed E-state index contributed by atoms with van der Waals surface area (Å²) in [4.78, 5) is 21.1. The molecule has 2 rings (SSSR count). The third-order valence-corrected chi connectivity index (χ3v) is 2.77. The molecule has 6 heteroatoms. The first-order chi connectivity index (χ1) is 9.67. The van der Waals surface area contributed by atoms with Crippen molar-refractivity contribution in [1.82, 2.24) is 9.97 Å². The summed E-state index contributed by atoms with van der Waals surface area (Å²) >= 11 is 0. The molecule has 0 aliphatic heterocycles. The topological polar surface area (TPSA) is 55.3 Å². The molecule has 2 aromatic rings. The smallest absolute Gasteiger partial charge is 0.358 e. The average Bonchev–Trinajstić information content (AvgIpc) is 2.50. The minimum atomic E-state index is -0.557. The molecule has 0 fully saturated rings. The molecule has 5 nitrogen and oxygen atoms in total.